The molecule has 0 saturated carbocycles. The predicted octanol–water partition coefficient (Wildman–Crippen LogP) is 0.971. The maximum atomic E-state index is 11.6. The Kier molecular flexibility index (Phi) is 4.41. The van der Waals surface area contributed by atoms with Gasteiger partial charge in [0.25, 0.3) is 11.6 Å². The Morgan fingerprint density at radius 1 is 1.50 bits per heavy atom. The van der Waals surface area contributed by atoms with Crippen molar-refractivity contribution in [1.29, 1.82) is 0 Å². The number of hydrogen-bond donors (Lipinski definition) is 1. The Balaban J connectivity index is 2.78. The highest BCUT2D eigenvalue weighted by atomic mass is 16.6. The van der Waals surface area contributed by atoms with Gasteiger partial charge in [-0.3, -0.25) is 14.9 Å². The molecular formula is C10H12N2O4. The van der Waals surface area contributed by atoms with Gasteiger partial charge in [0.15, 0.2) is 0 Å². The molecule has 6 heteroatoms. The molecule has 86 valence electrons. The summed E-state index contributed by atoms with van der Waals surface area (Å²) in [6.45, 7) is 0.688. The van der Waals surface area contributed by atoms with E-state index in [9.17, 15) is 14.9 Å². The number of benzene rings is 1. The highest BCUT2D eigenvalue weighted by molar-refractivity contribution is 5.98. The van der Waals surface area contributed by atoms with Crippen LogP contribution in [0.4, 0.5) is 5.69 Å². The standard InChI is InChI=1S/C10H12N2O4/c1-16-7-6-11-10(13)8-4-2-3-5-9(8)12(14)15/h2-5H,6-7H2,1H3,(H,11,13). The van der Waals surface area contributed by atoms with Gasteiger partial charge in [-0.2, -0.15) is 0 Å². The second-order valence-electron chi connectivity index (χ2n) is 3.02. The largest absolute Gasteiger partial charge is 0.383 e. The number of methoxy groups -OCH3 is 1. The number of rotatable bonds is 5. The molecule has 6 nitrogen and oxygen atoms in total. The molecule has 0 aliphatic heterocycles. The Bertz CT molecular complexity index is 392. The fraction of sp³-hybridized carbons (Fsp3) is 0.300. The molecule has 0 radical (unpaired) electrons. The summed E-state index contributed by atoms with van der Waals surface area (Å²) in [5, 5.41) is 13.2. The third-order valence-electron chi connectivity index (χ3n) is 1.94. The van der Waals surface area contributed by atoms with E-state index < -0.39 is 10.8 Å². The molecule has 16 heavy (non-hydrogen) atoms. The molecule has 0 heterocycles. The lowest BCUT2D eigenvalue weighted by atomic mass is 10.1. The maximum absolute atomic E-state index is 11.6. The molecule has 0 aliphatic rings. The molecule has 0 bridgehead atoms. The van der Waals surface area contributed by atoms with Gasteiger partial charge in [-0.25, -0.2) is 0 Å². The van der Waals surface area contributed by atoms with Crippen molar-refractivity contribution in [2.75, 3.05) is 20.3 Å². The number of nitro groups is 1. The van der Waals surface area contributed by atoms with Gasteiger partial charge >= 0.3 is 0 Å². The number of nitrogens with zero attached hydrogens (tertiary/aromatic N) is 1. The summed E-state index contributed by atoms with van der Waals surface area (Å²) < 4.78 is 4.76. The highest BCUT2D eigenvalue weighted by Gasteiger charge is 2.18. The third-order valence-corrected chi connectivity index (χ3v) is 1.94. The minimum atomic E-state index is -0.578. The quantitative estimate of drug-likeness (QED) is 0.459. The van der Waals surface area contributed by atoms with Crippen LogP contribution in [0.25, 0.3) is 0 Å². The van der Waals surface area contributed by atoms with Crippen molar-refractivity contribution in [3.05, 3.63) is 39.9 Å². The molecule has 0 spiro atoms. The molecule has 1 amide bonds. The molecule has 0 atom stereocenters. The van der Waals surface area contributed by atoms with E-state index in [0.717, 1.165) is 0 Å². The second-order valence-corrected chi connectivity index (χ2v) is 3.02. The SMILES string of the molecule is COCCNC(=O)c1ccccc1[N+](=O)[O-]. The number of ether oxygens (including phenoxy) is 1. The number of carbonyl (C=O) groups is 1. The molecule has 1 aromatic carbocycles. The van der Waals surface area contributed by atoms with Gasteiger partial charge in [0.2, 0.25) is 0 Å². The first-order valence-electron chi connectivity index (χ1n) is 4.67. The molecule has 1 aromatic rings. The Morgan fingerprint density at radius 2 is 2.19 bits per heavy atom. The van der Waals surface area contributed by atoms with Crippen molar-refractivity contribution >= 4 is 11.6 Å². The van der Waals surface area contributed by atoms with Crippen LogP contribution in [0.3, 0.4) is 0 Å². The van der Waals surface area contributed by atoms with Gasteiger partial charge < -0.3 is 10.1 Å². The molecule has 1 N–H and O–H groups in total. The van der Waals surface area contributed by atoms with Gasteiger partial charge in [-0.1, -0.05) is 12.1 Å². The van der Waals surface area contributed by atoms with Gasteiger partial charge in [0, 0.05) is 19.7 Å². The van der Waals surface area contributed by atoms with E-state index in [1.165, 1.54) is 25.3 Å². The number of hydrogen-bond acceptors (Lipinski definition) is 4. The molecular weight excluding hydrogens is 212 g/mol. The molecule has 0 aromatic heterocycles. The van der Waals surface area contributed by atoms with Crippen LogP contribution in [0.5, 0.6) is 0 Å². The normalized spacial score (nSPS) is 9.81. The first-order valence-corrected chi connectivity index (χ1v) is 4.67. The van der Waals surface area contributed by atoms with Gasteiger partial charge in [0.05, 0.1) is 11.5 Å². The summed E-state index contributed by atoms with van der Waals surface area (Å²) in [6, 6.07) is 5.81. The summed E-state index contributed by atoms with van der Waals surface area (Å²) in [5.74, 6) is -0.468. The Labute approximate surface area is 92.4 Å². The average Bonchev–Trinajstić information content (AvgIpc) is 2.29. The van der Waals surface area contributed by atoms with E-state index in [1.54, 1.807) is 6.07 Å². The number of para-hydroxylation sites is 1. The third kappa shape index (κ3) is 3.03. The molecule has 0 unspecified atom stereocenters. The summed E-state index contributed by atoms with van der Waals surface area (Å²) in [7, 11) is 1.51. The first-order chi connectivity index (χ1) is 7.66. The number of nitrogens with one attached hydrogen (secondary N) is 1. The lowest BCUT2D eigenvalue weighted by Crippen LogP contribution is -2.27. The smallest absolute Gasteiger partial charge is 0.282 e. The van der Waals surface area contributed by atoms with Crippen molar-refractivity contribution in [2.45, 2.75) is 0 Å². The lowest BCUT2D eigenvalue weighted by molar-refractivity contribution is -0.385. The first kappa shape index (κ1) is 12.1. The van der Waals surface area contributed by atoms with Crippen LogP contribution in [-0.4, -0.2) is 31.1 Å². The zero-order valence-corrected chi connectivity index (χ0v) is 8.80. The Morgan fingerprint density at radius 3 is 2.81 bits per heavy atom. The molecule has 0 saturated heterocycles. The van der Waals surface area contributed by atoms with E-state index in [1.807, 2.05) is 0 Å². The number of amides is 1. The second kappa shape index (κ2) is 5.82. The van der Waals surface area contributed by atoms with Crippen molar-refractivity contribution in [3.63, 3.8) is 0 Å². The van der Waals surface area contributed by atoms with Crippen molar-refractivity contribution < 1.29 is 14.5 Å². The zero-order chi connectivity index (χ0) is 12.0. The van der Waals surface area contributed by atoms with E-state index in [4.69, 9.17) is 4.74 Å². The molecule has 0 fully saturated rings. The summed E-state index contributed by atoms with van der Waals surface area (Å²) in [4.78, 5) is 21.7. The van der Waals surface area contributed by atoms with Crippen LogP contribution >= 0.6 is 0 Å². The summed E-state index contributed by atoms with van der Waals surface area (Å²) >= 11 is 0. The van der Waals surface area contributed by atoms with Crippen LogP contribution in [0.2, 0.25) is 0 Å². The summed E-state index contributed by atoms with van der Waals surface area (Å²) in [6.07, 6.45) is 0. The van der Waals surface area contributed by atoms with Gasteiger partial charge in [-0.15, -0.1) is 0 Å². The van der Waals surface area contributed by atoms with E-state index in [0.29, 0.717) is 13.2 Å². The Hall–Kier alpha value is -1.95. The van der Waals surface area contributed by atoms with Crippen molar-refractivity contribution in [2.24, 2.45) is 0 Å². The van der Waals surface area contributed by atoms with Crippen molar-refractivity contribution in [3.8, 4) is 0 Å². The van der Waals surface area contributed by atoms with E-state index in [2.05, 4.69) is 5.32 Å². The maximum Gasteiger partial charge on any atom is 0.282 e. The monoisotopic (exact) mass is 224 g/mol. The average molecular weight is 224 g/mol. The highest BCUT2D eigenvalue weighted by Crippen LogP contribution is 2.16. The van der Waals surface area contributed by atoms with E-state index in [-0.39, 0.29) is 11.3 Å². The predicted molar refractivity (Wildman–Crippen MR) is 57.3 cm³/mol. The fourth-order valence-electron chi connectivity index (χ4n) is 1.19. The van der Waals surface area contributed by atoms with Crippen LogP contribution in [0, 0.1) is 10.1 Å². The molecule has 1 rings (SSSR count). The van der Waals surface area contributed by atoms with Gasteiger partial charge in [-0.05, 0) is 6.07 Å². The molecule has 0 aliphatic carbocycles. The minimum Gasteiger partial charge on any atom is -0.383 e. The van der Waals surface area contributed by atoms with E-state index >= 15 is 0 Å². The van der Waals surface area contributed by atoms with Crippen LogP contribution in [0.15, 0.2) is 24.3 Å². The number of nitro benzene ring substituents is 1. The zero-order valence-electron chi connectivity index (χ0n) is 8.80. The lowest BCUT2D eigenvalue weighted by Gasteiger charge is -2.04. The fourth-order valence-corrected chi connectivity index (χ4v) is 1.19. The van der Waals surface area contributed by atoms with Crippen LogP contribution in [0.1, 0.15) is 10.4 Å². The topological polar surface area (TPSA) is 81.5 Å². The minimum absolute atomic E-state index is 0.0589. The van der Waals surface area contributed by atoms with Crippen LogP contribution in [-0.2, 0) is 4.74 Å². The number of carbonyl (C=O) groups excluding carboxylic acids is 1. The van der Waals surface area contributed by atoms with Crippen molar-refractivity contribution in [1.82, 2.24) is 5.32 Å². The summed E-state index contributed by atoms with van der Waals surface area (Å²) in [5.41, 5.74) is -0.138. The van der Waals surface area contributed by atoms with Crippen LogP contribution < -0.4 is 5.32 Å². The van der Waals surface area contributed by atoms with Gasteiger partial charge in [0.1, 0.15) is 5.56 Å².